The lowest BCUT2D eigenvalue weighted by atomic mass is 9.72. The second-order valence-electron chi connectivity index (χ2n) is 7.31. The normalized spacial score (nSPS) is 37.3. The van der Waals surface area contributed by atoms with Gasteiger partial charge in [-0.25, -0.2) is 0 Å². The first-order valence-electron chi connectivity index (χ1n) is 8.52. The fourth-order valence-corrected chi connectivity index (χ4v) is 4.17. The van der Waals surface area contributed by atoms with Gasteiger partial charge in [-0.15, -0.1) is 0 Å². The Kier molecular flexibility index (Phi) is 5.74. The lowest BCUT2D eigenvalue weighted by molar-refractivity contribution is -0.123. The molecule has 0 saturated heterocycles. The summed E-state index contributed by atoms with van der Waals surface area (Å²) < 4.78 is 0. The molecular formula is C20H28O3. The van der Waals surface area contributed by atoms with Crippen LogP contribution in [0.1, 0.15) is 40.5 Å². The molecular weight excluding hydrogens is 288 g/mol. The van der Waals surface area contributed by atoms with E-state index >= 15 is 0 Å². The highest BCUT2D eigenvalue weighted by atomic mass is 16.3. The Bertz CT molecular complexity index is 551. The van der Waals surface area contributed by atoms with Crippen LogP contribution in [-0.4, -0.2) is 23.3 Å². The van der Waals surface area contributed by atoms with Crippen LogP contribution >= 0.6 is 0 Å². The Morgan fingerprint density at radius 3 is 2.52 bits per heavy atom. The Labute approximate surface area is 139 Å². The highest BCUT2D eigenvalue weighted by molar-refractivity contribution is 5.95. The second kappa shape index (κ2) is 7.39. The fraction of sp³-hybridized carbons (Fsp3) is 0.600. The molecule has 2 aliphatic carbocycles. The topological polar surface area (TPSA) is 54.4 Å². The summed E-state index contributed by atoms with van der Waals surface area (Å²) in [4.78, 5) is 23.8. The molecule has 6 atom stereocenters. The van der Waals surface area contributed by atoms with E-state index in [0.717, 1.165) is 12.7 Å². The maximum absolute atomic E-state index is 12.3. The SMILES string of the molecule is CC(C)=CC/C=C(/C)[C@@H]1C[C@@H](O)[C@@H](C=O)[C@@H]1[C@H]1C(=O)C=C[C@H]1C. The summed E-state index contributed by atoms with van der Waals surface area (Å²) in [7, 11) is 0. The van der Waals surface area contributed by atoms with Gasteiger partial charge >= 0.3 is 0 Å². The van der Waals surface area contributed by atoms with Gasteiger partial charge < -0.3 is 9.90 Å². The minimum absolute atomic E-state index is 0.0945. The van der Waals surface area contributed by atoms with Crippen LogP contribution in [-0.2, 0) is 9.59 Å². The van der Waals surface area contributed by atoms with Crippen molar-refractivity contribution in [3.05, 3.63) is 35.5 Å². The molecule has 0 amide bonds. The van der Waals surface area contributed by atoms with E-state index in [9.17, 15) is 14.7 Å². The van der Waals surface area contributed by atoms with E-state index in [4.69, 9.17) is 0 Å². The van der Waals surface area contributed by atoms with Crippen molar-refractivity contribution in [2.24, 2.45) is 29.6 Å². The van der Waals surface area contributed by atoms with Crippen molar-refractivity contribution in [3.63, 3.8) is 0 Å². The van der Waals surface area contributed by atoms with E-state index < -0.39 is 12.0 Å². The minimum atomic E-state index is -0.644. The monoisotopic (exact) mass is 316 g/mol. The maximum atomic E-state index is 12.3. The van der Waals surface area contributed by atoms with E-state index in [1.165, 1.54) is 11.1 Å². The first-order chi connectivity index (χ1) is 10.9. The molecule has 0 unspecified atom stereocenters. The average molecular weight is 316 g/mol. The number of aliphatic hydroxyl groups excluding tert-OH is 1. The first-order valence-corrected chi connectivity index (χ1v) is 8.52. The molecule has 0 aromatic heterocycles. The number of carbonyl (C=O) groups is 2. The van der Waals surface area contributed by atoms with Crippen LogP contribution in [0.15, 0.2) is 35.5 Å². The van der Waals surface area contributed by atoms with Gasteiger partial charge in [-0.1, -0.05) is 36.3 Å². The Balaban J connectivity index is 2.28. The number of hydrogen-bond donors (Lipinski definition) is 1. The van der Waals surface area contributed by atoms with Crippen LogP contribution in [0.4, 0.5) is 0 Å². The van der Waals surface area contributed by atoms with Gasteiger partial charge in [0.1, 0.15) is 6.29 Å². The number of rotatable bonds is 5. The molecule has 3 nitrogen and oxygen atoms in total. The predicted octanol–water partition coefficient (Wildman–Crippen LogP) is 3.49. The summed E-state index contributed by atoms with van der Waals surface area (Å²) in [5.74, 6) is -0.383. The standard InChI is InChI=1S/C20H28O3/c1-12(2)6-5-7-13(3)15-10-18(23)16(11-21)20(15)19-14(4)8-9-17(19)22/h6-9,11,14-16,18-20,23H,5,10H2,1-4H3/b13-7-/t14-,15+,16-,18-,19-,20-/m1/s1. The number of allylic oxidation sites excluding steroid dienone is 6. The largest absolute Gasteiger partial charge is 0.392 e. The summed E-state index contributed by atoms with van der Waals surface area (Å²) >= 11 is 0. The van der Waals surface area contributed by atoms with Crippen LogP contribution < -0.4 is 0 Å². The summed E-state index contributed by atoms with van der Waals surface area (Å²) in [6.07, 6.45) is 9.54. The van der Waals surface area contributed by atoms with Crippen LogP contribution in [0.2, 0.25) is 0 Å². The highest BCUT2D eigenvalue weighted by Crippen LogP contribution is 2.48. The lowest BCUT2D eigenvalue weighted by Crippen LogP contribution is -2.34. The van der Waals surface area contributed by atoms with Crippen molar-refractivity contribution in [1.29, 1.82) is 0 Å². The zero-order valence-electron chi connectivity index (χ0n) is 14.5. The summed E-state index contributed by atoms with van der Waals surface area (Å²) in [6.45, 7) is 8.22. The van der Waals surface area contributed by atoms with Crippen molar-refractivity contribution in [1.82, 2.24) is 0 Å². The van der Waals surface area contributed by atoms with Gasteiger partial charge in [-0.2, -0.15) is 0 Å². The second-order valence-corrected chi connectivity index (χ2v) is 7.31. The molecule has 0 aromatic rings. The van der Waals surface area contributed by atoms with E-state index in [0.29, 0.717) is 6.42 Å². The molecule has 0 aliphatic heterocycles. The summed E-state index contributed by atoms with van der Waals surface area (Å²) in [5, 5.41) is 10.3. The quantitative estimate of drug-likeness (QED) is 0.624. The number of carbonyl (C=O) groups excluding carboxylic acids is 2. The molecule has 3 heteroatoms. The predicted molar refractivity (Wildman–Crippen MR) is 91.8 cm³/mol. The van der Waals surface area contributed by atoms with Gasteiger partial charge in [0.05, 0.1) is 6.10 Å². The van der Waals surface area contributed by atoms with Crippen LogP contribution in [0.5, 0.6) is 0 Å². The average Bonchev–Trinajstić information content (AvgIpc) is 2.97. The molecule has 0 heterocycles. The van der Waals surface area contributed by atoms with Crippen molar-refractivity contribution in [2.75, 3.05) is 0 Å². The molecule has 1 saturated carbocycles. The summed E-state index contributed by atoms with van der Waals surface area (Å²) in [6, 6.07) is 0. The van der Waals surface area contributed by atoms with Crippen molar-refractivity contribution >= 4 is 12.1 Å². The van der Waals surface area contributed by atoms with Gasteiger partial charge in [0.15, 0.2) is 5.78 Å². The Morgan fingerprint density at radius 2 is 2.00 bits per heavy atom. The molecule has 126 valence electrons. The van der Waals surface area contributed by atoms with Crippen LogP contribution in [0, 0.1) is 29.6 Å². The number of hydrogen-bond acceptors (Lipinski definition) is 3. The van der Waals surface area contributed by atoms with Gasteiger partial charge in [0.2, 0.25) is 0 Å². The van der Waals surface area contributed by atoms with Gasteiger partial charge in [0.25, 0.3) is 0 Å². The van der Waals surface area contributed by atoms with Gasteiger partial charge in [-0.3, -0.25) is 4.79 Å². The van der Waals surface area contributed by atoms with Gasteiger partial charge in [0, 0.05) is 11.8 Å². The van der Waals surface area contributed by atoms with E-state index in [1.54, 1.807) is 6.08 Å². The van der Waals surface area contributed by atoms with Crippen molar-refractivity contribution in [3.8, 4) is 0 Å². The Morgan fingerprint density at radius 1 is 1.30 bits per heavy atom. The zero-order chi connectivity index (χ0) is 17.1. The highest BCUT2D eigenvalue weighted by Gasteiger charge is 2.50. The Hall–Kier alpha value is -1.48. The van der Waals surface area contributed by atoms with Crippen LogP contribution in [0.3, 0.4) is 0 Å². The summed E-state index contributed by atoms with van der Waals surface area (Å²) in [5.41, 5.74) is 2.45. The molecule has 0 bridgehead atoms. The third-order valence-electron chi connectivity index (χ3n) is 5.43. The molecule has 0 spiro atoms. The molecule has 1 N–H and O–H groups in total. The molecule has 0 aromatic carbocycles. The molecule has 1 fully saturated rings. The minimum Gasteiger partial charge on any atom is -0.392 e. The smallest absolute Gasteiger partial charge is 0.159 e. The van der Waals surface area contributed by atoms with E-state index in [1.807, 2.05) is 13.0 Å². The van der Waals surface area contributed by atoms with Crippen LogP contribution in [0.25, 0.3) is 0 Å². The number of aliphatic hydroxyl groups is 1. The third kappa shape index (κ3) is 3.72. The number of aldehydes is 1. The lowest BCUT2D eigenvalue weighted by Gasteiger charge is -2.30. The molecule has 2 aliphatic rings. The van der Waals surface area contributed by atoms with E-state index in [2.05, 4.69) is 32.9 Å². The van der Waals surface area contributed by atoms with Crippen molar-refractivity contribution < 1.29 is 14.7 Å². The van der Waals surface area contributed by atoms with Crippen molar-refractivity contribution in [2.45, 2.75) is 46.6 Å². The zero-order valence-corrected chi connectivity index (χ0v) is 14.5. The third-order valence-corrected chi connectivity index (χ3v) is 5.43. The molecule has 0 radical (unpaired) electrons. The first kappa shape index (κ1) is 17.9. The molecule has 23 heavy (non-hydrogen) atoms. The number of ketones is 1. The maximum Gasteiger partial charge on any atom is 0.159 e. The van der Waals surface area contributed by atoms with E-state index in [-0.39, 0.29) is 29.5 Å². The van der Waals surface area contributed by atoms with Gasteiger partial charge in [-0.05, 0) is 57.4 Å². The fourth-order valence-electron chi connectivity index (χ4n) is 4.17. The molecule has 2 rings (SSSR count).